The summed E-state index contributed by atoms with van der Waals surface area (Å²) in [7, 11) is 1.87. The van der Waals surface area contributed by atoms with Crippen molar-refractivity contribution in [2.75, 3.05) is 0 Å². The molecule has 1 aromatic heterocycles. The molecule has 1 aliphatic carbocycles. The zero-order chi connectivity index (χ0) is 13.2. The minimum atomic E-state index is -0.366. The third kappa shape index (κ3) is 2.72. The van der Waals surface area contributed by atoms with Gasteiger partial charge < -0.3 is 11.1 Å². The van der Waals surface area contributed by atoms with Gasteiger partial charge in [0.15, 0.2) is 0 Å². The number of nitrogens with one attached hydrogen (secondary N) is 1. The highest BCUT2D eigenvalue weighted by Crippen LogP contribution is 2.31. The second-order valence-electron chi connectivity index (χ2n) is 5.47. The van der Waals surface area contributed by atoms with Crippen LogP contribution in [0.15, 0.2) is 12.3 Å². The highest BCUT2D eigenvalue weighted by atomic mass is 16.1. The maximum absolute atomic E-state index is 12.2. The van der Waals surface area contributed by atoms with E-state index in [9.17, 15) is 4.79 Å². The molecule has 1 amide bonds. The van der Waals surface area contributed by atoms with E-state index in [1.165, 1.54) is 0 Å². The molecule has 1 aliphatic rings. The largest absolute Gasteiger partial charge is 0.350 e. The maximum Gasteiger partial charge on any atom is 0.225 e. The van der Waals surface area contributed by atoms with Crippen molar-refractivity contribution in [2.45, 2.75) is 44.7 Å². The molecule has 2 unspecified atom stereocenters. The molecule has 3 N–H and O–H groups in total. The van der Waals surface area contributed by atoms with Crippen molar-refractivity contribution in [3.05, 3.63) is 18.0 Å². The molecule has 5 heteroatoms. The number of aryl methyl sites for hydroxylation is 1. The summed E-state index contributed by atoms with van der Waals surface area (Å²) in [6.07, 6.45) is 5.77. The highest BCUT2D eigenvalue weighted by Gasteiger charge is 2.37. The standard InChI is InChI=1S/C13H22N4O/c1-13(14)7-4-3-5-11(13)12(18)15-9-10-6-8-16-17(10)2/h6,8,11H,3-5,7,9,14H2,1-2H3,(H,15,18). The fraction of sp³-hybridized carbons (Fsp3) is 0.692. The van der Waals surface area contributed by atoms with Crippen LogP contribution in [-0.4, -0.2) is 21.2 Å². The van der Waals surface area contributed by atoms with E-state index in [0.717, 1.165) is 31.4 Å². The molecule has 100 valence electrons. The van der Waals surface area contributed by atoms with Crippen molar-refractivity contribution in [2.24, 2.45) is 18.7 Å². The predicted molar refractivity (Wildman–Crippen MR) is 69.6 cm³/mol. The van der Waals surface area contributed by atoms with Crippen LogP contribution in [0.2, 0.25) is 0 Å². The zero-order valence-electron chi connectivity index (χ0n) is 11.1. The van der Waals surface area contributed by atoms with Gasteiger partial charge in [-0.25, -0.2) is 0 Å². The molecule has 1 fully saturated rings. The Hall–Kier alpha value is -1.36. The molecule has 0 bridgehead atoms. The zero-order valence-corrected chi connectivity index (χ0v) is 11.1. The van der Waals surface area contributed by atoms with Crippen molar-refractivity contribution in [3.8, 4) is 0 Å². The summed E-state index contributed by atoms with van der Waals surface area (Å²) in [4.78, 5) is 12.2. The summed E-state index contributed by atoms with van der Waals surface area (Å²) in [5.74, 6) is 0.000350. The molecule has 1 aromatic rings. The van der Waals surface area contributed by atoms with Crippen LogP contribution < -0.4 is 11.1 Å². The van der Waals surface area contributed by atoms with Crippen LogP contribution >= 0.6 is 0 Å². The molecule has 5 nitrogen and oxygen atoms in total. The average Bonchev–Trinajstić information content (AvgIpc) is 2.71. The molecule has 1 heterocycles. The van der Waals surface area contributed by atoms with E-state index >= 15 is 0 Å². The Balaban J connectivity index is 1.93. The lowest BCUT2D eigenvalue weighted by molar-refractivity contribution is -0.128. The molecular formula is C13H22N4O. The van der Waals surface area contributed by atoms with E-state index < -0.39 is 0 Å². The number of hydrogen-bond donors (Lipinski definition) is 2. The van der Waals surface area contributed by atoms with Crippen LogP contribution in [0.3, 0.4) is 0 Å². The van der Waals surface area contributed by atoms with Crippen LogP contribution in [0.5, 0.6) is 0 Å². The number of rotatable bonds is 3. The molecule has 0 radical (unpaired) electrons. The topological polar surface area (TPSA) is 72.9 Å². The Kier molecular flexibility index (Phi) is 3.71. The van der Waals surface area contributed by atoms with Gasteiger partial charge in [-0.05, 0) is 25.8 Å². The Bertz CT molecular complexity index is 424. The van der Waals surface area contributed by atoms with Crippen molar-refractivity contribution < 1.29 is 4.79 Å². The van der Waals surface area contributed by atoms with Gasteiger partial charge >= 0.3 is 0 Å². The van der Waals surface area contributed by atoms with Gasteiger partial charge in [-0.15, -0.1) is 0 Å². The molecular weight excluding hydrogens is 228 g/mol. The lowest BCUT2D eigenvalue weighted by Crippen LogP contribution is -2.52. The Morgan fingerprint density at radius 1 is 1.67 bits per heavy atom. The third-order valence-corrected chi connectivity index (χ3v) is 3.94. The Morgan fingerprint density at radius 3 is 3.06 bits per heavy atom. The quantitative estimate of drug-likeness (QED) is 0.838. The minimum Gasteiger partial charge on any atom is -0.350 e. The van der Waals surface area contributed by atoms with Crippen LogP contribution in [-0.2, 0) is 18.4 Å². The summed E-state index contributed by atoms with van der Waals surface area (Å²) >= 11 is 0. The smallest absolute Gasteiger partial charge is 0.225 e. The number of carbonyl (C=O) groups is 1. The van der Waals surface area contributed by atoms with Crippen LogP contribution in [0.25, 0.3) is 0 Å². The molecule has 2 atom stereocenters. The normalized spacial score (nSPS) is 28.1. The van der Waals surface area contributed by atoms with E-state index in [4.69, 9.17) is 5.73 Å². The van der Waals surface area contributed by atoms with E-state index in [-0.39, 0.29) is 17.4 Å². The van der Waals surface area contributed by atoms with Gasteiger partial charge in [-0.2, -0.15) is 5.10 Å². The van der Waals surface area contributed by atoms with E-state index in [2.05, 4.69) is 10.4 Å². The van der Waals surface area contributed by atoms with Crippen LogP contribution in [0.1, 0.15) is 38.3 Å². The number of carbonyl (C=O) groups excluding carboxylic acids is 1. The molecule has 0 saturated heterocycles. The van der Waals surface area contributed by atoms with Crippen molar-refractivity contribution >= 4 is 5.91 Å². The lowest BCUT2D eigenvalue weighted by atomic mass is 9.74. The maximum atomic E-state index is 12.2. The first-order valence-corrected chi connectivity index (χ1v) is 6.54. The van der Waals surface area contributed by atoms with E-state index in [1.54, 1.807) is 10.9 Å². The van der Waals surface area contributed by atoms with Gasteiger partial charge in [0.25, 0.3) is 0 Å². The first kappa shape index (κ1) is 13.1. The molecule has 1 saturated carbocycles. The molecule has 0 spiro atoms. The number of nitrogens with two attached hydrogens (primary N) is 1. The van der Waals surface area contributed by atoms with E-state index in [0.29, 0.717) is 6.54 Å². The van der Waals surface area contributed by atoms with Gasteiger partial charge in [0.05, 0.1) is 18.2 Å². The molecule has 2 rings (SSSR count). The highest BCUT2D eigenvalue weighted by molar-refractivity contribution is 5.80. The second kappa shape index (κ2) is 5.10. The van der Waals surface area contributed by atoms with Gasteiger partial charge in [-0.1, -0.05) is 12.8 Å². The average molecular weight is 250 g/mol. The van der Waals surface area contributed by atoms with Gasteiger partial charge in [0, 0.05) is 18.8 Å². The summed E-state index contributed by atoms with van der Waals surface area (Å²) in [6.45, 7) is 2.50. The number of hydrogen-bond acceptors (Lipinski definition) is 3. The Labute approximate surface area is 108 Å². The second-order valence-corrected chi connectivity index (χ2v) is 5.47. The third-order valence-electron chi connectivity index (χ3n) is 3.94. The molecule has 18 heavy (non-hydrogen) atoms. The minimum absolute atomic E-state index is 0.0699. The molecule has 0 aliphatic heterocycles. The fourth-order valence-corrected chi connectivity index (χ4v) is 2.66. The summed E-state index contributed by atoms with van der Waals surface area (Å²) in [5.41, 5.74) is 6.86. The summed E-state index contributed by atoms with van der Waals surface area (Å²) in [6, 6.07) is 1.91. The lowest BCUT2D eigenvalue weighted by Gasteiger charge is -2.37. The van der Waals surface area contributed by atoms with Gasteiger partial charge in [-0.3, -0.25) is 9.48 Å². The van der Waals surface area contributed by atoms with Crippen molar-refractivity contribution in [1.82, 2.24) is 15.1 Å². The van der Waals surface area contributed by atoms with Crippen molar-refractivity contribution in [3.63, 3.8) is 0 Å². The number of aromatic nitrogens is 2. The summed E-state index contributed by atoms with van der Waals surface area (Å²) < 4.78 is 1.77. The first-order chi connectivity index (χ1) is 8.50. The van der Waals surface area contributed by atoms with Gasteiger partial charge in [0.1, 0.15) is 0 Å². The summed E-state index contributed by atoms with van der Waals surface area (Å²) in [5, 5.41) is 7.05. The van der Waals surface area contributed by atoms with Crippen LogP contribution in [0, 0.1) is 5.92 Å². The number of amides is 1. The molecule has 0 aromatic carbocycles. The van der Waals surface area contributed by atoms with Crippen LogP contribution in [0.4, 0.5) is 0 Å². The number of nitrogens with zero attached hydrogens (tertiary/aromatic N) is 2. The fourth-order valence-electron chi connectivity index (χ4n) is 2.66. The first-order valence-electron chi connectivity index (χ1n) is 6.54. The van der Waals surface area contributed by atoms with Crippen molar-refractivity contribution in [1.29, 1.82) is 0 Å². The van der Waals surface area contributed by atoms with Gasteiger partial charge in [0.2, 0.25) is 5.91 Å². The SMILES string of the molecule is Cn1nccc1CNC(=O)C1CCCCC1(C)N. The monoisotopic (exact) mass is 250 g/mol. The predicted octanol–water partition coefficient (Wildman–Crippen LogP) is 0.944. The van der Waals surface area contributed by atoms with E-state index in [1.807, 2.05) is 20.0 Å². The Morgan fingerprint density at radius 2 is 2.44 bits per heavy atom.